The van der Waals surface area contributed by atoms with Crippen molar-refractivity contribution in [2.45, 2.75) is 297 Å². The number of allylic oxidation sites excluding steroid dienone is 4. The van der Waals surface area contributed by atoms with Gasteiger partial charge in [-0.1, -0.05) is 225 Å². The Morgan fingerprint density at radius 2 is 0.541 bits per heavy atom. The zero-order valence-electron chi connectivity index (χ0n) is 40.9. The molecule has 358 valence electrons. The predicted molar refractivity (Wildman–Crippen MR) is 261 cm³/mol. The second kappa shape index (κ2) is 50.5. The lowest BCUT2D eigenvalue weighted by Gasteiger charge is -2.18. The third-order valence-electron chi connectivity index (χ3n) is 11.9. The Morgan fingerprint density at radius 1 is 0.311 bits per heavy atom. The maximum absolute atomic E-state index is 12.8. The SMILES string of the molecule is CCCCCC/C=C\CCCCCCCC(=O)OC(COC(=O)CCCCCCCCC/C=C\CCCCCCCCC)COC(=O)CCCCCCCCCCCCCC. The van der Waals surface area contributed by atoms with Crippen molar-refractivity contribution in [1.82, 2.24) is 0 Å². The Balaban J connectivity index is 4.32. The first-order chi connectivity index (χ1) is 30.0. The van der Waals surface area contributed by atoms with Gasteiger partial charge in [-0.3, -0.25) is 14.4 Å². The molecule has 0 bridgehead atoms. The quantitative estimate of drug-likeness (QED) is 0.0262. The molecule has 0 aliphatic rings. The van der Waals surface area contributed by atoms with Crippen molar-refractivity contribution >= 4 is 17.9 Å². The summed E-state index contributed by atoms with van der Waals surface area (Å²) in [6, 6.07) is 0. The predicted octanol–water partition coefficient (Wildman–Crippen LogP) is 17.5. The van der Waals surface area contributed by atoms with E-state index in [4.69, 9.17) is 14.2 Å². The summed E-state index contributed by atoms with van der Waals surface area (Å²) in [5.74, 6) is -0.872. The number of hydrogen-bond acceptors (Lipinski definition) is 6. The van der Waals surface area contributed by atoms with Gasteiger partial charge in [-0.25, -0.2) is 0 Å². The molecule has 0 radical (unpaired) electrons. The van der Waals surface area contributed by atoms with Crippen LogP contribution >= 0.6 is 0 Å². The average molecular weight is 859 g/mol. The van der Waals surface area contributed by atoms with Crippen LogP contribution in [0.4, 0.5) is 0 Å². The van der Waals surface area contributed by atoms with Crippen LogP contribution in [0.2, 0.25) is 0 Å². The van der Waals surface area contributed by atoms with Crippen LogP contribution in [-0.4, -0.2) is 37.2 Å². The molecule has 0 aliphatic carbocycles. The topological polar surface area (TPSA) is 78.9 Å². The molecule has 0 fully saturated rings. The lowest BCUT2D eigenvalue weighted by Crippen LogP contribution is -2.30. The van der Waals surface area contributed by atoms with E-state index in [1.54, 1.807) is 0 Å². The Kier molecular flexibility index (Phi) is 48.8. The average Bonchev–Trinajstić information content (AvgIpc) is 3.26. The summed E-state index contributed by atoms with van der Waals surface area (Å²) in [5, 5.41) is 0. The van der Waals surface area contributed by atoms with Crippen molar-refractivity contribution in [2.75, 3.05) is 13.2 Å². The lowest BCUT2D eigenvalue weighted by molar-refractivity contribution is -0.167. The molecule has 0 aromatic heterocycles. The molecule has 61 heavy (non-hydrogen) atoms. The van der Waals surface area contributed by atoms with Crippen LogP contribution in [0.25, 0.3) is 0 Å². The first-order valence-electron chi connectivity index (χ1n) is 26.8. The smallest absolute Gasteiger partial charge is 0.306 e. The zero-order chi connectivity index (χ0) is 44.4. The van der Waals surface area contributed by atoms with Gasteiger partial charge in [-0.05, 0) is 70.6 Å². The highest BCUT2D eigenvalue weighted by molar-refractivity contribution is 5.71. The van der Waals surface area contributed by atoms with Gasteiger partial charge in [0, 0.05) is 19.3 Å². The fraction of sp³-hybridized carbons (Fsp3) is 0.873. The highest BCUT2D eigenvalue weighted by Crippen LogP contribution is 2.15. The molecule has 0 spiro atoms. The number of unbranched alkanes of at least 4 members (excludes halogenated alkanes) is 34. The van der Waals surface area contributed by atoms with Gasteiger partial charge in [0.2, 0.25) is 0 Å². The zero-order valence-corrected chi connectivity index (χ0v) is 40.9. The second-order valence-corrected chi connectivity index (χ2v) is 18.1. The normalized spacial score (nSPS) is 12.1. The number of carbonyl (C=O) groups is 3. The van der Waals surface area contributed by atoms with Crippen molar-refractivity contribution < 1.29 is 28.6 Å². The van der Waals surface area contributed by atoms with Crippen LogP contribution in [-0.2, 0) is 28.6 Å². The summed E-state index contributed by atoms with van der Waals surface area (Å²) in [4.78, 5) is 38.0. The Bertz CT molecular complexity index is 989. The highest BCUT2D eigenvalue weighted by atomic mass is 16.6. The van der Waals surface area contributed by atoms with Gasteiger partial charge in [0.1, 0.15) is 13.2 Å². The van der Waals surface area contributed by atoms with Gasteiger partial charge in [0.15, 0.2) is 6.10 Å². The van der Waals surface area contributed by atoms with E-state index in [0.29, 0.717) is 19.3 Å². The van der Waals surface area contributed by atoms with Gasteiger partial charge >= 0.3 is 17.9 Å². The van der Waals surface area contributed by atoms with Gasteiger partial charge in [0.25, 0.3) is 0 Å². The molecule has 0 aromatic carbocycles. The van der Waals surface area contributed by atoms with E-state index in [2.05, 4.69) is 45.1 Å². The van der Waals surface area contributed by atoms with E-state index in [-0.39, 0.29) is 31.1 Å². The minimum atomic E-state index is -0.772. The second-order valence-electron chi connectivity index (χ2n) is 18.1. The lowest BCUT2D eigenvalue weighted by atomic mass is 10.0. The van der Waals surface area contributed by atoms with Crippen molar-refractivity contribution in [1.29, 1.82) is 0 Å². The molecule has 0 saturated carbocycles. The van der Waals surface area contributed by atoms with Crippen molar-refractivity contribution in [2.24, 2.45) is 0 Å². The van der Waals surface area contributed by atoms with Crippen molar-refractivity contribution in [3.8, 4) is 0 Å². The van der Waals surface area contributed by atoms with Crippen molar-refractivity contribution in [3.63, 3.8) is 0 Å². The number of rotatable bonds is 49. The molecule has 0 N–H and O–H groups in total. The number of hydrogen-bond donors (Lipinski definition) is 0. The highest BCUT2D eigenvalue weighted by Gasteiger charge is 2.19. The summed E-state index contributed by atoms with van der Waals surface area (Å²) < 4.78 is 16.8. The van der Waals surface area contributed by atoms with Gasteiger partial charge in [-0.15, -0.1) is 0 Å². The Hall–Kier alpha value is -2.11. The molecule has 1 atom stereocenters. The molecule has 0 aliphatic heterocycles. The number of ether oxygens (including phenoxy) is 3. The minimum absolute atomic E-state index is 0.0722. The third-order valence-corrected chi connectivity index (χ3v) is 11.9. The van der Waals surface area contributed by atoms with Gasteiger partial charge in [-0.2, -0.15) is 0 Å². The molecule has 0 rings (SSSR count). The van der Waals surface area contributed by atoms with E-state index in [0.717, 1.165) is 64.2 Å². The third kappa shape index (κ3) is 48.8. The molecule has 0 aromatic rings. The molecule has 6 nitrogen and oxygen atoms in total. The number of carbonyl (C=O) groups excluding carboxylic acids is 3. The molecular weight excluding hydrogens is 757 g/mol. The monoisotopic (exact) mass is 859 g/mol. The summed E-state index contributed by atoms with van der Waals surface area (Å²) in [6.07, 6.45) is 57.3. The van der Waals surface area contributed by atoms with Crippen LogP contribution in [0.3, 0.4) is 0 Å². The van der Waals surface area contributed by atoms with Crippen LogP contribution < -0.4 is 0 Å². The van der Waals surface area contributed by atoms with Gasteiger partial charge in [0.05, 0.1) is 0 Å². The van der Waals surface area contributed by atoms with E-state index < -0.39 is 6.10 Å². The molecule has 1 unspecified atom stereocenters. The van der Waals surface area contributed by atoms with Crippen molar-refractivity contribution in [3.05, 3.63) is 24.3 Å². The minimum Gasteiger partial charge on any atom is -0.462 e. The van der Waals surface area contributed by atoms with E-state index >= 15 is 0 Å². The Labute approximate surface area is 379 Å². The molecular formula is C55H102O6. The van der Waals surface area contributed by atoms with E-state index in [1.807, 2.05) is 0 Å². The summed E-state index contributed by atoms with van der Waals surface area (Å²) in [7, 11) is 0. The maximum atomic E-state index is 12.8. The molecule has 0 heterocycles. The first-order valence-corrected chi connectivity index (χ1v) is 26.8. The summed E-state index contributed by atoms with van der Waals surface area (Å²) in [6.45, 7) is 6.64. The number of esters is 3. The van der Waals surface area contributed by atoms with Crippen LogP contribution in [0.15, 0.2) is 24.3 Å². The Morgan fingerprint density at radius 3 is 0.836 bits per heavy atom. The van der Waals surface area contributed by atoms with Crippen LogP contribution in [0.1, 0.15) is 290 Å². The summed E-state index contributed by atoms with van der Waals surface area (Å²) in [5.41, 5.74) is 0. The van der Waals surface area contributed by atoms with E-state index in [1.165, 1.54) is 186 Å². The maximum Gasteiger partial charge on any atom is 0.306 e. The molecule has 6 heteroatoms. The first kappa shape index (κ1) is 58.9. The fourth-order valence-corrected chi connectivity index (χ4v) is 7.84. The standard InChI is InChI=1S/C55H102O6/c1-4-7-10-13-16-19-22-25-26-27-28-29-31-33-36-39-42-45-48-54(57)60-51-52(50-59-53(56)47-44-41-38-35-32-24-21-18-15-12-9-6-3)61-55(58)49-46-43-40-37-34-30-23-20-17-14-11-8-5-2/h20,23,26-27,52H,4-19,21-22,24-25,28-51H2,1-3H3/b23-20-,27-26-. The fourth-order valence-electron chi connectivity index (χ4n) is 7.84. The van der Waals surface area contributed by atoms with Crippen LogP contribution in [0.5, 0.6) is 0 Å². The van der Waals surface area contributed by atoms with E-state index in [9.17, 15) is 14.4 Å². The molecule has 0 saturated heterocycles. The summed E-state index contributed by atoms with van der Waals surface area (Å²) >= 11 is 0. The van der Waals surface area contributed by atoms with Gasteiger partial charge < -0.3 is 14.2 Å². The van der Waals surface area contributed by atoms with Crippen LogP contribution in [0, 0.1) is 0 Å². The molecule has 0 amide bonds. The largest absolute Gasteiger partial charge is 0.462 e.